The molecule has 90 valence electrons. The van der Waals surface area contributed by atoms with Crippen molar-refractivity contribution in [2.24, 2.45) is 0 Å². The Morgan fingerprint density at radius 3 is 2.53 bits per heavy atom. The van der Waals surface area contributed by atoms with Crippen LogP contribution in [-0.2, 0) is 12.8 Å². The third-order valence-corrected chi connectivity index (χ3v) is 4.42. The SMILES string of the molecule is Cc1ccc(CCC(Br)Cc2ccsc2)cc1. The van der Waals surface area contributed by atoms with Gasteiger partial charge in [0.15, 0.2) is 0 Å². The maximum atomic E-state index is 3.78. The Bertz CT molecular complexity index is 430. The van der Waals surface area contributed by atoms with Gasteiger partial charge in [0, 0.05) is 4.83 Å². The highest BCUT2D eigenvalue weighted by Crippen LogP contribution is 2.18. The molecular formula is C15H17BrS. The van der Waals surface area contributed by atoms with Crippen molar-refractivity contribution in [1.29, 1.82) is 0 Å². The van der Waals surface area contributed by atoms with Gasteiger partial charge in [-0.05, 0) is 54.1 Å². The zero-order chi connectivity index (χ0) is 12.1. The highest BCUT2D eigenvalue weighted by molar-refractivity contribution is 9.09. The van der Waals surface area contributed by atoms with Gasteiger partial charge in [-0.25, -0.2) is 0 Å². The number of hydrogen-bond acceptors (Lipinski definition) is 1. The molecule has 2 heteroatoms. The van der Waals surface area contributed by atoms with Gasteiger partial charge in [0.1, 0.15) is 0 Å². The molecule has 0 aliphatic carbocycles. The summed E-state index contributed by atoms with van der Waals surface area (Å²) < 4.78 is 0. The first-order valence-corrected chi connectivity index (χ1v) is 7.80. The lowest BCUT2D eigenvalue weighted by molar-refractivity contribution is 0.764. The van der Waals surface area contributed by atoms with Gasteiger partial charge in [-0.1, -0.05) is 45.8 Å². The van der Waals surface area contributed by atoms with Crippen molar-refractivity contribution >= 4 is 27.3 Å². The van der Waals surface area contributed by atoms with Crippen molar-refractivity contribution in [3.63, 3.8) is 0 Å². The van der Waals surface area contributed by atoms with Gasteiger partial charge in [0.05, 0.1) is 0 Å². The quantitative estimate of drug-likeness (QED) is 0.682. The fourth-order valence-corrected chi connectivity index (χ4v) is 3.13. The molecule has 0 amide bonds. The van der Waals surface area contributed by atoms with Crippen molar-refractivity contribution in [2.45, 2.75) is 31.0 Å². The highest BCUT2D eigenvalue weighted by atomic mass is 79.9. The monoisotopic (exact) mass is 308 g/mol. The van der Waals surface area contributed by atoms with Gasteiger partial charge < -0.3 is 0 Å². The fraction of sp³-hybridized carbons (Fsp3) is 0.333. The fourth-order valence-electron chi connectivity index (χ4n) is 1.84. The Labute approximate surface area is 116 Å². The lowest BCUT2D eigenvalue weighted by Crippen LogP contribution is -2.03. The molecule has 0 radical (unpaired) electrons. The van der Waals surface area contributed by atoms with Crippen LogP contribution in [0.15, 0.2) is 41.1 Å². The van der Waals surface area contributed by atoms with Crippen LogP contribution in [0.2, 0.25) is 0 Å². The molecule has 0 fully saturated rings. The molecule has 2 aromatic rings. The average molecular weight is 309 g/mol. The van der Waals surface area contributed by atoms with Gasteiger partial charge in [-0.2, -0.15) is 11.3 Å². The summed E-state index contributed by atoms with van der Waals surface area (Å²) in [5.74, 6) is 0. The van der Waals surface area contributed by atoms with Gasteiger partial charge in [0.25, 0.3) is 0 Å². The summed E-state index contributed by atoms with van der Waals surface area (Å²) in [6.07, 6.45) is 3.48. The van der Waals surface area contributed by atoms with Crippen LogP contribution in [0, 0.1) is 6.92 Å². The van der Waals surface area contributed by atoms with Gasteiger partial charge in [0.2, 0.25) is 0 Å². The number of halogens is 1. The summed E-state index contributed by atoms with van der Waals surface area (Å²) in [6, 6.07) is 11.1. The Morgan fingerprint density at radius 2 is 1.88 bits per heavy atom. The summed E-state index contributed by atoms with van der Waals surface area (Å²) in [5.41, 5.74) is 4.22. The first-order valence-electron chi connectivity index (χ1n) is 5.95. The predicted molar refractivity (Wildman–Crippen MR) is 80.2 cm³/mol. The van der Waals surface area contributed by atoms with Crippen LogP contribution in [0.4, 0.5) is 0 Å². The Kier molecular flexibility index (Phi) is 4.81. The minimum absolute atomic E-state index is 0.582. The molecular weight excluding hydrogens is 292 g/mol. The van der Waals surface area contributed by atoms with Crippen molar-refractivity contribution in [3.05, 3.63) is 57.8 Å². The van der Waals surface area contributed by atoms with Crippen molar-refractivity contribution < 1.29 is 0 Å². The maximum Gasteiger partial charge on any atom is 0.0189 e. The molecule has 0 saturated carbocycles. The van der Waals surface area contributed by atoms with Gasteiger partial charge in [-0.15, -0.1) is 0 Å². The second-order valence-corrected chi connectivity index (χ2v) is 6.53. The Morgan fingerprint density at radius 1 is 1.12 bits per heavy atom. The smallest absolute Gasteiger partial charge is 0.0189 e. The minimum Gasteiger partial charge on any atom is -0.152 e. The third kappa shape index (κ3) is 4.29. The number of thiophene rings is 1. The van der Waals surface area contributed by atoms with Crippen molar-refractivity contribution in [2.75, 3.05) is 0 Å². The van der Waals surface area contributed by atoms with E-state index in [9.17, 15) is 0 Å². The van der Waals surface area contributed by atoms with E-state index < -0.39 is 0 Å². The van der Waals surface area contributed by atoms with E-state index >= 15 is 0 Å². The molecule has 0 aliphatic heterocycles. The first kappa shape index (κ1) is 12.8. The van der Waals surface area contributed by atoms with Crippen LogP contribution in [0.25, 0.3) is 0 Å². The molecule has 0 bridgehead atoms. The summed E-state index contributed by atoms with van der Waals surface area (Å²) in [5, 5.41) is 4.38. The largest absolute Gasteiger partial charge is 0.152 e. The third-order valence-electron chi connectivity index (χ3n) is 2.90. The highest BCUT2D eigenvalue weighted by Gasteiger charge is 2.06. The van der Waals surface area contributed by atoms with Crippen LogP contribution >= 0.6 is 27.3 Å². The second kappa shape index (κ2) is 6.36. The zero-order valence-corrected chi connectivity index (χ0v) is 12.4. The lowest BCUT2D eigenvalue weighted by Gasteiger charge is -2.08. The van der Waals surface area contributed by atoms with E-state index in [0.29, 0.717) is 4.83 Å². The summed E-state index contributed by atoms with van der Waals surface area (Å²) in [4.78, 5) is 0.582. The number of alkyl halides is 1. The number of hydrogen-bond donors (Lipinski definition) is 0. The van der Waals surface area contributed by atoms with E-state index in [1.807, 2.05) is 0 Å². The van der Waals surface area contributed by atoms with Crippen LogP contribution in [-0.4, -0.2) is 4.83 Å². The van der Waals surface area contributed by atoms with Gasteiger partial charge >= 0.3 is 0 Å². The average Bonchev–Trinajstić information content (AvgIpc) is 2.81. The topological polar surface area (TPSA) is 0 Å². The van der Waals surface area contributed by atoms with Crippen LogP contribution in [0.1, 0.15) is 23.1 Å². The van der Waals surface area contributed by atoms with E-state index in [1.54, 1.807) is 11.3 Å². The van der Waals surface area contributed by atoms with E-state index in [-0.39, 0.29) is 0 Å². The number of aryl methyl sites for hydroxylation is 2. The standard InChI is InChI=1S/C15H17BrS/c1-12-2-4-13(5-3-12)6-7-15(16)10-14-8-9-17-11-14/h2-5,8-9,11,15H,6-7,10H2,1H3. The van der Waals surface area contributed by atoms with Gasteiger partial charge in [-0.3, -0.25) is 0 Å². The van der Waals surface area contributed by atoms with E-state index in [0.717, 1.165) is 12.8 Å². The summed E-state index contributed by atoms with van der Waals surface area (Å²) in [6.45, 7) is 2.13. The lowest BCUT2D eigenvalue weighted by atomic mass is 10.0. The molecule has 1 aromatic carbocycles. The molecule has 0 N–H and O–H groups in total. The van der Waals surface area contributed by atoms with E-state index in [4.69, 9.17) is 0 Å². The number of rotatable bonds is 5. The Balaban J connectivity index is 1.79. The van der Waals surface area contributed by atoms with Crippen LogP contribution < -0.4 is 0 Å². The molecule has 0 aliphatic rings. The molecule has 0 spiro atoms. The van der Waals surface area contributed by atoms with E-state index in [2.05, 4.69) is 63.9 Å². The zero-order valence-electron chi connectivity index (χ0n) is 10.0. The molecule has 0 nitrogen and oxygen atoms in total. The van der Waals surface area contributed by atoms with Crippen LogP contribution in [0.3, 0.4) is 0 Å². The molecule has 17 heavy (non-hydrogen) atoms. The van der Waals surface area contributed by atoms with Crippen LogP contribution in [0.5, 0.6) is 0 Å². The van der Waals surface area contributed by atoms with Crippen molar-refractivity contribution in [1.82, 2.24) is 0 Å². The minimum atomic E-state index is 0.582. The number of benzene rings is 1. The summed E-state index contributed by atoms with van der Waals surface area (Å²) >= 11 is 5.55. The maximum absolute atomic E-state index is 3.78. The molecule has 2 rings (SSSR count). The van der Waals surface area contributed by atoms with E-state index in [1.165, 1.54) is 23.1 Å². The normalized spacial score (nSPS) is 12.6. The summed E-state index contributed by atoms with van der Waals surface area (Å²) in [7, 11) is 0. The molecule has 1 aromatic heterocycles. The molecule has 1 unspecified atom stereocenters. The molecule has 1 heterocycles. The second-order valence-electron chi connectivity index (χ2n) is 4.46. The van der Waals surface area contributed by atoms with Crippen molar-refractivity contribution in [3.8, 4) is 0 Å². The molecule has 0 saturated heterocycles. The Hall–Kier alpha value is -0.600. The predicted octanol–water partition coefficient (Wildman–Crippen LogP) is 5.00. The first-order chi connectivity index (χ1) is 8.24. The molecule has 1 atom stereocenters.